The molecule has 2 atom stereocenters. The van der Waals surface area contributed by atoms with Crippen molar-refractivity contribution in [2.75, 3.05) is 0 Å². The van der Waals surface area contributed by atoms with E-state index in [0.29, 0.717) is 5.92 Å². The minimum Gasteiger partial charge on any atom is -0.399 e. The zero-order valence-electron chi connectivity index (χ0n) is 9.64. The molecule has 17 heavy (non-hydrogen) atoms. The van der Waals surface area contributed by atoms with Gasteiger partial charge in [-0.05, 0) is 29.2 Å². The Bertz CT molecular complexity index is 538. The lowest BCUT2D eigenvalue weighted by Crippen LogP contribution is -2.06. The molecule has 0 heterocycles. The number of hydrogen-bond donors (Lipinski definition) is 2. The molecule has 1 aromatic rings. The maximum Gasteiger partial charge on any atom is 0.0490 e. The van der Waals surface area contributed by atoms with Crippen molar-refractivity contribution in [1.82, 2.24) is 0 Å². The van der Waals surface area contributed by atoms with E-state index in [4.69, 9.17) is 11.5 Å². The zero-order chi connectivity index (χ0) is 11.8. The van der Waals surface area contributed by atoms with Crippen molar-refractivity contribution in [3.8, 4) is 0 Å². The Balaban J connectivity index is 1.90. The quantitative estimate of drug-likeness (QED) is 0.809. The highest BCUT2D eigenvalue weighted by atomic mass is 14.6. The monoisotopic (exact) mass is 224 g/mol. The topological polar surface area (TPSA) is 52.0 Å². The van der Waals surface area contributed by atoms with E-state index in [9.17, 15) is 0 Å². The molecule has 0 saturated carbocycles. The van der Waals surface area contributed by atoms with Crippen molar-refractivity contribution in [3.05, 3.63) is 64.9 Å². The minimum absolute atomic E-state index is 0.0599. The maximum atomic E-state index is 6.01. The number of hydrogen-bond acceptors (Lipinski definition) is 2. The van der Waals surface area contributed by atoms with Gasteiger partial charge in [-0.2, -0.15) is 0 Å². The van der Waals surface area contributed by atoms with E-state index in [-0.39, 0.29) is 6.04 Å². The summed E-state index contributed by atoms with van der Waals surface area (Å²) >= 11 is 0. The Labute approximate surface area is 101 Å². The van der Waals surface area contributed by atoms with E-state index in [1.807, 2.05) is 6.08 Å². The molecule has 2 unspecified atom stereocenters. The lowest BCUT2D eigenvalue weighted by Gasteiger charge is -2.11. The van der Waals surface area contributed by atoms with Crippen LogP contribution in [0.5, 0.6) is 0 Å². The van der Waals surface area contributed by atoms with Crippen LogP contribution >= 0.6 is 0 Å². The summed E-state index contributed by atoms with van der Waals surface area (Å²) in [5.74, 6) is 0.423. The predicted octanol–water partition coefficient (Wildman–Crippen LogP) is 2.28. The van der Waals surface area contributed by atoms with Gasteiger partial charge in [0, 0.05) is 17.7 Å². The summed E-state index contributed by atoms with van der Waals surface area (Å²) in [5, 5.41) is 0. The lowest BCUT2D eigenvalue weighted by atomic mass is 9.94. The van der Waals surface area contributed by atoms with Crippen molar-refractivity contribution < 1.29 is 0 Å². The molecule has 0 bridgehead atoms. The number of rotatable bonds is 2. The smallest absolute Gasteiger partial charge is 0.0490 e. The van der Waals surface area contributed by atoms with Gasteiger partial charge in [0.2, 0.25) is 0 Å². The molecule has 4 N–H and O–H groups in total. The Morgan fingerprint density at radius 2 is 2.00 bits per heavy atom. The fourth-order valence-electron chi connectivity index (χ4n) is 2.58. The molecule has 0 saturated heterocycles. The van der Waals surface area contributed by atoms with E-state index in [1.165, 1.54) is 16.7 Å². The van der Waals surface area contributed by atoms with Crippen LogP contribution in [0.1, 0.15) is 22.7 Å². The summed E-state index contributed by atoms with van der Waals surface area (Å²) in [7, 11) is 0. The van der Waals surface area contributed by atoms with Crippen LogP contribution in [0.3, 0.4) is 0 Å². The van der Waals surface area contributed by atoms with Crippen LogP contribution in [-0.2, 0) is 6.42 Å². The van der Waals surface area contributed by atoms with Gasteiger partial charge in [0.25, 0.3) is 0 Å². The normalized spacial score (nSPS) is 25.1. The van der Waals surface area contributed by atoms with Crippen molar-refractivity contribution in [2.24, 2.45) is 17.4 Å². The zero-order valence-corrected chi connectivity index (χ0v) is 9.64. The molecule has 1 aromatic carbocycles. The number of allylic oxidation sites excluding steroid dienone is 3. The fraction of sp³-hybridized carbons (Fsp3) is 0.200. The molecule has 0 fully saturated rings. The third-order valence-corrected chi connectivity index (χ3v) is 3.46. The molecule has 2 heteroatoms. The largest absolute Gasteiger partial charge is 0.399 e. The summed E-state index contributed by atoms with van der Waals surface area (Å²) in [6.07, 6.45) is 11.4. The molecule has 2 nitrogen and oxygen atoms in total. The average molecular weight is 224 g/mol. The predicted molar refractivity (Wildman–Crippen MR) is 71.0 cm³/mol. The van der Waals surface area contributed by atoms with Crippen LogP contribution in [-0.4, -0.2) is 0 Å². The maximum absolute atomic E-state index is 6.01. The van der Waals surface area contributed by atoms with Crippen LogP contribution in [0.2, 0.25) is 0 Å². The van der Waals surface area contributed by atoms with Gasteiger partial charge < -0.3 is 11.5 Å². The molecular formula is C15H16N2. The van der Waals surface area contributed by atoms with Crippen molar-refractivity contribution in [2.45, 2.75) is 12.5 Å². The molecule has 86 valence electrons. The molecular weight excluding hydrogens is 208 g/mol. The minimum atomic E-state index is 0.0599. The Hall–Kier alpha value is -1.80. The first kappa shape index (κ1) is 10.4. The van der Waals surface area contributed by atoms with Crippen LogP contribution in [0.4, 0.5) is 0 Å². The molecule has 0 radical (unpaired) electrons. The van der Waals surface area contributed by atoms with Crippen LogP contribution in [0, 0.1) is 5.92 Å². The van der Waals surface area contributed by atoms with Gasteiger partial charge in [-0.25, -0.2) is 0 Å². The summed E-state index contributed by atoms with van der Waals surface area (Å²) in [6, 6.07) is 6.44. The fourth-order valence-corrected chi connectivity index (χ4v) is 2.58. The third-order valence-electron chi connectivity index (χ3n) is 3.46. The van der Waals surface area contributed by atoms with E-state index in [0.717, 1.165) is 12.1 Å². The van der Waals surface area contributed by atoms with Gasteiger partial charge in [0.15, 0.2) is 0 Å². The molecule has 0 aromatic heterocycles. The molecule has 0 spiro atoms. The number of benzene rings is 1. The highest BCUT2D eigenvalue weighted by molar-refractivity contribution is 5.65. The standard InChI is InChI=1S/C15H16N2/c16-12-5-4-10(9-12)8-11-2-1-3-14-13(11)6-7-15(14)17/h1-7,9-10,15H,8,16-17H2. The number of fused-ring (bicyclic) bond motifs is 1. The van der Waals surface area contributed by atoms with Crippen molar-refractivity contribution >= 4 is 6.08 Å². The van der Waals surface area contributed by atoms with Crippen LogP contribution in [0.25, 0.3) is 6.08 Å². The Morgan fingerprint density at radius 3 is 2.76 bits per heavy atom. The SMILES string of the molecule is NC1=CC(Cc2cccc3c2C=CC3N)C=C1. The molecule has 2 aliphatic carbocycles. The van der Waals surface area contributed by atoms with Gasteiger partial charge in [-0.3, -0.25) is 0 Å². The first-order chi connectivity index (χ1) is 8.24. The van der Waals surface area contributed by atoms with Crippen LogP contribution in [0.15, 0.2) is 48.2 Å². The summed E-state index contributed by atoms with van der Waals surface area (Å²) < 4.78 is 0. The second kappa shape index (κ2) is 3.90. The second-order valence-electron chi connectivity index (χ2n) is 4.70. The summed E-state index contributed by atoms with van der Waals surface area (Å²) in [6.45, 7) is 0. The van der Waals surface area contributed by atoms with Crippen molar-refractivity contribution in [3.63, 3.8) is 0 Å². The van der Waals surface area contributed by atoms with Gasteiger partial charge in [-0.15, -0.1) is 0 Å². The van der Waals surface area contributed by atoms with E-state index >= 15 is 0 Å². The molecule has 0 aliphatic heterocycles. The Kier molecular flexibility index (Phi) is 2.37. The second-order valence-corrected chi connectivity index (χ2v) is 4.70. The van der Waals surface area contributed by atoms with Gasteiger partial charge in [0.1, 0.15) is 0 Å². The summed E-state index contributed by atoms with van der Waals surface area (Å²) in [4.78, 5) is 0. The van der Waals surface area contributed by atoms with E-state index < -0.39 is 0 Å². The first-order valence-electron chi connectivity index (χ1n) is 5.95. The summed E-state index contributed by atoms with van der Waals surface area (Å²) in [5.41, 5.74) is 16.5. The lowest BCUT2D eigenvalue weighted by molar-refractivity contribution is 0.808. The van der Waals surface area contributed by atoms with E-state index in [1.54, 1.807) is 0 Å². The van der Waals surface area contributed by atoms with Gasteiger partial charge in [-0.1, -0.05) is 42.5 Å². The van der Waals surface area contributed by atoms with E-state index in [2.05, 4.69) is 42.5 Å². The molecule has 3 rings (SSSR count). The Morgan fingerprint density at radius 1 is 1.12 bits per heavy atom. The third kappa shape index (κ3) is 1.81. The van der Waals surface area contributed by atoms with Crippen LogP contribution < -0.4 is 11.5 Å². The number of nitrogens with two attached hydrogens (primary N) is 2. The van der Waals surface area contributed by atoms with Gasteiger partial charge in [0.05, 0.1) is 0 Å². The highest BCUT2D eigenvalue weighted by Gasteiger charge is 2.17. The first-order valence-corrected chi connectivity index (χ1v) is 5.95. The average Bonchev–Trinajstić information content (AvgIpc) is 2.88. The molecule has 0 amide bonds. The highest BCUT2D eigenvalue weighted by Crippen LogP contribution is 2.31. The van der Waals surface area contributed by atoms with Crippen molar-refractivity contribution in [1.29, 1.82) is 0 Å². The van der Waals surface area contributed by atoms with Gasteiger partial charge >= 0.3 is 0 Å². The molecule has 2 aliphatic rings.